The molecule has 0 aliphatic carbocycles. The molecule has 2 aromatic carbocycles. The fourth-order valence-corrected chi connectivity index (χ4v) is 2.08. The van der Waals surface area contributed by atoms with E-state index in [4.69, 9.17) is 5.26 Å². The second kappa shape index (κ2) is 7.76. The highest BCUT2D eigenvalue weighted by atomic mass is 16.2. The Kier molecular flexibility index (Phi) is 5.48. The first-order valence-electron chi connectivity index (χ1n) is 7.19. The van der Waals surface area contributed by atoms with Gasteiger partial charge in [0.25, 0.3) is 5.91 Å². The lowest BCUT2D eigenvalue weighted by Crippen LogP contribution is -2.22. The van der Waals surface area contributed by atoms with Crippen molar-refractivity contribution in [3.8, 4) is 6.07 Å². The fourth-order valence-electron chi connectivity index (χ4n) is 2.08. The van der Waals surface area contributed by atoms with E-state index >= 15 is 0 Å². The van der Waals surface area contributed by atoms with E-state index in [0.29, 0.717) is 17.8 Å². The molecular formula is C18H17N3O2. The Labute approximate surface area is 134 Å². The topological polar surface area (TPSA) is 82.0 Å². The molecular weight excluding hydrogens is 290 g/mol. The van der Waals surface area contributed by atoms with Gasteiger partial charge in [-0.1, -0.05) is 29.8 Å². The predicted molar refractivity (Wildman–Crippen MR) is 87.7 cm³/mol. The number of anilines is 1. The van der Waals surface area contributed by atoms with E-state index in [1.54, 1.807) is 30.3 Å². The summed E-state index contributed by atoms with van der Waals surface area (Å²) in [5.41, 5.74) is 3.12. The van der Waals surface area contributed by atoms with Gasteiger partial charge in [0.15, 0.2) is 0 Å². The lowest BCUT2D eigenvalue weighted by molar-refractivity contribution is -0.120. The Morgan fingerprint density at radius 1 is 1.13 bits per heavy atom. The Morgan fingerprint density at radius 2 is 1.91 bits per heavy atom. The van der Waals surface area contributed by atoms with Crippen molar-refractivity contribution in [2.75, 3.05) is 5.32 Å². The van der Waals surface area contributed by atoms with Crippen molar-refractivity contribution in [2.45, 2.75) is 19.9 Å². The second-order valence-electron chi connectivity index (χ2n) is 5.14. The monoisotopic (exact) mass is 307 g/mol. The van der Waals surface area contributed by atoms with Crippen molar-refractivity contribution in [1.29, 1.82) is 5.26 Å². The molecule has 0 aliphatic heterocycles. The van der Waals surface area contributed by atoms with Crippen LogP contribution in [0.2, 0.25) is 0 Å². The van der Waals surface area contributed by atoms with Crippen molar-refractivity contribution >= 4 is 17.5 Å². The third kappa shape index (κ3) is 4.97. The summed E-state index contributed by atoms with van der Waals surface area (Å²) >= 11 is 0. The predicted octanol–water partition coefficient (Wildman–Crippen LogP) is 2.78. The van der Waals surface area contributed by atoms with Crippen LogP contribution in [0.15, 0.2) is 48.5 Å². The van der Waals surface area contributed by atoms with Gasteiger partial charge >= 0.3 is 0 Å². The number of benzene rings is 2. The Balaban J connectivity index is 2.01. The van der Waals surface area contributed by atoms with Crippen molar-refractivity contribution in [2.24, 2.45) is 0 Å². The zero-order valence-electron chi connectivity index (χ0n) is 12.8. The molecule has 2 aromatic rings. The van der Waals surface area contributed by atoms with Crippen molar-refractivity contribution in [3.05, 3.63) is 65.2 Å². The first kappa shape index (κ1) is 16.2. The number of nitrogens with zero attached hydrogens (tertiary/aromatic N) is 1. The number of rotatable bonds is 5. The van der Waals surface area contributed by atoms with Crippen LogP contribution in [0.1, 0.15) is 27.9 Å². The average Bonchev–Trinajstić information content (AvgIpc) is 2.53. The van der Waals surface area contributed by atoms with Gasteiger partial charge in [-0.05, 0) is 36.8 Å². The van der Waals surface area contributed by atoms with Gasteiger partial charge in [-0.3, -0.25) is 9.59 Å². The van der Waals surface area contributed by atoms with Crippen LogP contribution < -0.4 is 10.6 Å². The normalized spacial score (nSPS) is 9.74. The number of nitrogens with one attached hydrogen (secondary N) is 2. The number of hydrogen-bond acceptors (Lipinski definition) is 3. The lowest BCUT2D eigenvalue weighted by Gasteiger charge is -2.08. The maximum atomic E-state index is 12.2. The molecule has 0 atom stereocenters. The highest BCUT2D eigenvalue weighted by Gasteiger charge is 2.07. The number of amides is 2. The number of carbonyl (C=O) groups is 2. The third-order valence-corrected chi connectivity index (χ3v) is 3.19. The van der Waals surface area contributed by atoms with Gasteiger partial charge < -0.3 is 10.6 Å². The summed E-state index contributed by atoms with van der Waals surface area (Å²) in [4.78, 5) is 23.5. The molecule has 0 aromatic heterocycles. The van der Waals surface area contributed by atoms with E-state index in [1.165, 1.54) is 0 Å². The zero-order valence-corrected chi connectivity index (χ0v) is 12.8. The van der Waals surface area contributed by atoms with E-state index in [0.717, 1.165) is 11.1 Å². The van der Waals surface area contributed by atoms with Crippen molar-refractivity contribution in [3.63, 3.8) is 0 Å². The van der Waals surface area contributed by atoms with Crippen molar-refractivity contribution in [1.82, 2.24) is 5.32 Å². The molecule has 0 unspecified atom stereocenters. The molecule has 0 aliphatic rings. The van der Waals surface area contributed by atoms with E-state index in [-0.39, 0.29) is 18.2 Å². The summed E-state index contributed by atoms with van der Waals surface area (Å²) in [6.45, 7) is 2.25. The van der Waals surface area contributed by atoms with Crippen LogP contribution in [-0.4, -0.2) is 11.8 Å². The SMILES string of the molecule is Cc1cccc(C(=O)Nc2cccc(CNC(=O)CC#N)c2)c1. The smallest absolute Gasteiger partial charge is 0.255 e. The molecule has 0 saturated carbocycles. The quantitative estimate of drug-likeness (QED) is 0.891. The summed E-state index contributed by atoms with van der Waals surface area (Å²) in [5.74, 6) is -0.499. The first-order chi connectivity index (χ1) is 11.1. The van der Waals surface area contributed by atoms with Crippen LogP contribution >= 0.6 is 0 Å². The van der Waals surface area contributed by atoms with Crippen LogP contribution in [0.4, 0.5) is 5.69 Å². The van der Waals surface area contributed by atoms with Gasteiger partial charge in [0, 0.05) is 17.8 Å². The van der Waals surface area contributed by atoms with Gasteiger partial charge in [-0.15, -0.1) is 0 Å². The maximum Gasteiger partial charge on any atom is 0.255 e. The highest BCUT2D eigenvalue weighted by molar-refractivity contribution is 6.04. The Morgan fingerprint density at radius 3 is 2.65 bits per heavy atom. The molecule has 5 heteroatoms. The molecule has 2 amide bonds. The van der Waals surface area contributed by atoms with Crippen LogP contribution in [0.5, 0.6) is 0 Å². The average molecular weight is 307 g/mol. The molecule has 5 nitrogen and oxygen atoms in total. The number of hydrogen-bond donors (Lipinski definition) is 2. The van der Waals surface area contributed by atoms with Crippen molar-refractivity contribution < 1.29 is 9.59 Å². The summed E-state index contributed by atoms with van der Waals surface area (Å²) in [7, 11) is 0. The first-order valence-corrected chi connectivity index (χ1v) is 7.19. The minimum Gasteiger partial charge on any atom is -0.351 e. The third-order valence-electron chi connectivity index (χ3n) is 3.19. The second-order valence-corrected chi connectivity index (χ2v) is 5.14. The fraction of sp³-hybridized carbons (Fsp3) is 0.167. The Bertz CT molecular complexity index is 763. The Hall–Kier alpha value is -3.13. The molecule has 0 spiro atoms. The number of carbonyl (C=O) groups excluding carboxylic acids is 2. The van der Waals surface area contributed by atoms with Crippen LogP contribution in [0.25, 0.3) is 0 Å². The largest absolute Gasteiger partial charge is 0.351 e. The molecule has 0 saturated heterocycles. The van der Waals surface area contributed by atoms with Crippen LogP contribution in [0, 0.1) is 18.3 Å². The van der Waals surface area contributed by atoms with Gasteiger partial charge in [-0.25, -0.2) is 0 Å². The van der Waals surface area contributed by atoms with Crippen LogP contribution in [-0.2, 0) is 11.3 Å². The highest BCUT2D eigenvalue weighted by Crippen LogP contribution is 2.13. The zero-order chi connectivity index (χ0) is 16.7. The van der Waals surface area contributed by atoms with Gasteiger partial charge in [0.05, 0.1) is 6.07 Å². The van der Waals surface area contributed by atoms with E-state index < -0.39 is 0 Å². The van der Waals surface area contributed by atoms with E-state index in [2.05, 4.69) is 10.6 Å². The van der Waals surface area contributed by atoms with Crippen LogP contribution in [0.3, 0.4) is 0 Å². The summed E-state index contributed by atoms with van der Waals surface area (Å²) in [6, 6.07) is 16.4. The van der Waals surface area contributed by atoms with Gasteiger partial charge in [0.1, 0.15) is 6.42 Å². The summed E-state index contributed by atoms with van der Waals surface area (Å²) < 4.78 is 0. The maximum absolute atomic E-state index is 12.2. The standard InChI is InChI=1S/C18H17N3O2/c1-13-4-2-6-15(10-13)18(23)21-16-7-3-5-14(11-16)12-20-17(22)8-9-19/h2-7,10-11H,8,12H2,1H3,(H,20,22)(H,21,23). The molecule has 0 radical (unpaired) electrons. The molecule has 0 bridgehead atoms. The molecule has 2 rings (SSSR count). The summed E-state index contributed by atoms with van der Waals surface area (Å²) in [6.07, 6.45) is -0.163. The molecule has 0 heterocycles. The molecule has 23 heavy (non-hydrogen) atoms. The minimum atomic E-state index is -0.318. The van der Waals surface area contributed by atoms with Gasteiger partial charge in [-0.2, -0.15) is 5.26 Å². The molecule has 0 fully saturated rings. The molecule has 116 valence electrons. The lowest BCUT2D eigenvalue weighted by atomic mass is 10.1. The molecule has 2 N–H and O–H groups in total. The summed E-state index contributed by atoms with van der Waals surface area (Å²) in [5, 5.41) is 13.9. The van der Waals surface area contributed by atoms with E-state index in [1.807, 2.05) is 31.2 Å². The minimum absolute atomic E-state index is 0.163. The number of nitriles is 1. The van der Waals surface area contributed by atoms with Gasteiger partial charge in [0.2, 0.25) is 5.91 Å². The number of aryl methyl sites for hydroxylation is 1. The van der Waals surface area contributed by atoms with E-state index in [9.17, 15) is 9.59 Å².